The van der Waals surface area contributed by atoms with Gasteiger partial charge in [0.05, 0.1) is 28.4 Å². The zero-order valence-electron chi connectivity index (χ0n) is 54.0. The molecule has 0 amide bonds. The van der Waals surface area contributed by atoms with E-state index in [4.69, 9.17) is 4.74 Å². The number of benzene rings is 15. The van der Waals surface area contributed by atoms with E-state index in [9.17, 15) is 0 Å². The molecule has 0 atom stereocenters. The van der Waals surface area contributed by atoms with Crippen LogP contribution in [0.3, 0.4) is 0 Å². The van der Waals surface area contributed by atoms with Gasteiger partial charge in [-0.2, -0.15) is 0 Å². The second-order valence-electron chi connectivity index (χ2n) is 26.2. The standard InChI is InChI=1S/C90H57B2N5OS2/c1-6-28-58(29-7-1)65-38-16-21-43-72(65)96-77-57-81-71(56-70(77)91-68-41-19-22-44-73(68)95(62-36-14-5-15-37-62)78-52-63(53-79(96)89(78)91)93(59-30-8-2-9-31-59)60-32-10-3-11-33-60)92-69-42-20-23-45-74(69)97(76-47-27-51-86-88(76)67-40-18-25-49-84(67)100-86)80-54-64(55-82(98-81)90(80)92)94(61-34-12-4-13-35-61)75-46-26-50-85-87(75)66-39-17-24-48-83(66)99-85/h1-57H. The Kier molecular flexibility index (Phi) is 12.9. The molecule has 466 valence electrons. The Morgan fingerprint density at radius 1 is 0.270 bits per heavy atom. The predicted octanol–water partition coefficient (Wildman–Crippen LogP) is 21.5. The van der Waals surface area contributed by atoms with Crippen LogP contribution < -0.4 is 62.0 Å². The monoisotopic (exact) mass is 1310 g/mol. The van der Waals surface area contributed by atoms with Gasteiger partial charge in [0.1, 0.15) is 11.5 Å². The third-order valence-corrected chi connectivity index (χ3v) is 23.1. The zero-order valence-corrected chi connectivity index (χ0v) is 55.7. The number of para-hydroxylation sites is 7. The van der Waals surface area contributed by atoms with Crippen LogP contribution in [-0.2, 0) is 0 Å². The molecule has 0 spiro atoms. The molecule has 0 saturated carbocycles. The van der Waals surface area contributed by atoms with E-state index >= 15 is 0 Å². The van der Waals surface area contributed by atoms with E-state index in [-0.39, 0.29) is 13.4 Å². The first kappa shape index (κ1) is 56.8. The molecule has 17 aromatic rings. The summed E-state index contributed by atoms with van der Waals surface area (Å²) >= 11 is 3.71. The summed E-state index contributed by atoms with van der Waals surface area (Å²) in [6.07, 6.45) is 0. The van der Waals surface area contributed by atoms with Crippen molar-refractivity contribution in [3.63, 3.8) is 0 Å². The van der Waals surface area contributed by atoms with Crippen LogP contribution in [0.25, 0.3) is 51.5 Å². The Hall–Kier alpha value is -12.3. The van der Waals surface area contributed by atoms with Crippen LogP contribution in [0.15, 0.2) is 346 Å². The van der Waals surface area contributed by atoms with Crippen molar-refractivity contribution >= 4 is 195 Å². The molecule has 0 saturated heterocycles. The van der Waals surface area contributed by atoms with Gasteiger partial charge in [-0.25, -0.2) is 0 Å². The summed E-state index contributed by atoms with van der Waals surface area (Å²) in [5, 5.41) is 4.94. The molecule has 15 aromatic carbocycles. The fraction of sp³-hybridized carbons (Fsp3) is 0. The molecule has 100 heavy (non-hydrogen) atoms. The van der Waals surface area contributed by atoms with E-state index in [1.54, 1.807) is 0 Å². The molecule has 0 bridgehead atoms. The Balaban J connectivity index is 0.868. The number of fused-ring (bicyclic) bond motifs is 14. The number of rotatable bonds is 10. The van der Waals surface area contributed by atoms with E-state index in [1.165, 1.54) is 62.2 Å². The van der Waals surface area contributed by atoms with Crippen molar-refractivity contribution in [2.75, 3.05) is 24.5 Å². The average molecular weight is 1310 g/mol. The third-order valence-electron chi connectivity index (χ3n) is 20.8. The van der Waals surface area contributed by atoms with Crippen molar-refractivity contribution in [1.82, 2.24) is 0 Å². The van der Waals surface area contributed by atoms with Gasteiger partial charge in [-0.15, -0.1) is 22.7 Å². The molecule has 0 radical (unpaired) electrons. The van der Waals surface area contributed by atoms with E-state index in [1.807, 2.05) is 22.7 Å². The van der Waals surface area contributed by atoms with Crippen LogP contribution in [0.2, 0.25) is 0 Å². The number of nitrogens with zero attached hydrogens (tertiary/aromatic N) is 5. The van der Waals surface area contributed by atoms with Crippen molar-refractivity contribution in [3.8, 4) is 22.6 Å². The molecular weight excluding hydrogens is 1250 g/mol. The van der Waals surface area contributed by atoms with Crippen LogP contribution in [0.5, 0.6) is 11.5 Å². The minimum Gasteiger partial charge on any atom is -0.458 e. The fourth-order valence-corrected chi connectivity index (χ4v) is 19.0. The highest BCUT2D eigenvalue weighted by atomic mass is 32.1. The molecular formula is C90H57B2N5OS2. The van der Waals surface area contributed by atoms with Crippen molar-refractivity contribution in [3.05, 3.63) is 346 Å². The lowest BCUT2D eigenvalue weighted by molar-refractivity contribution is 0.488. The average Bonchev–Trinajstić information content (AvgIpc) is 0.778. The molecule has 6 nitrogen and oxygen atoms in total. The van der Waals surface area contributed by atoms with Crippen LogP contribution in [0, 0.1) is 0 Å². The number of thiophene rings is 2. The molecule has 4 aliphatic rings. The summed E-state index contributed by atoms with van der Waals surface area (Å²) in [6, 6.07) is 128. The normalized spacial score (nSPS) is 13.0. The highest BCUT2D eigenvalue weighted by Crippen LogP contribution is 2.54. The first-order chi connectivity index (χ1) is 49.6. The van der Waals surface area contributed by atoms with Gasteiger partial charge < -0.3 is 29.2 Å². The fourth-order valence-electron chi connectivity index (χ4n) is 16.8. The lowest BCUT2D eigenvalue weighted by Crippen LogP contribution is -2.64. The molecule has 4 aliphatic heterocycles. The van der Waals surface area contributed by atoms with Gasteiger partial charge in [-0.05, 0) is 160 Å². The van der Waals surface area contributed by atoms with Gasteiger partial charge in [0, 0.05) is 115 Å². The number of hydrogen-bond donors (Lipinski definition) is 0. The molecule has 21 rings (SSSR count). The molecule has 10 heteroatoms. The van der Waals surface area contributed by atoms with E-state index < -0.39 is 0 Å². The van der Waals surface area contributed by atoms with Gasteiger partial charge in [0.2, 0.25) is 0 Å². The highest BCUT2D eigenvalue weighted by Gasteiger charge is 2.49. The van der Waals surface area contributed by atoms with Crippen molar-refractivity contribution < 1.29 is 4.74 Å². The number of anilines is 15. The summed E-state index contributed by atoms with van der Waals surface area (Å²) in [7, 11) is 0. The zero-order chi connectivity index (χ0) is 65.5. The Morgan fingerprint density at radius 2 is 0.730 bits per heavy atom. The summed E-state index contributed by atoms with van der Waals surface area (Å²) in [5.41, 5.74) is 25.6. The minimum absolute atomic E-state index is 0.212. The third kappa shape index (κ3) is 8.64. The predicted molar refractivity (Wildman–Crippen MR) is 427 cm³/mol. The lowest BCUT2D eigenvalue weighted by Gasteiger charge is -2.46. The number of hydrogen-bond acceptors (Lipinski definition) is 8. The van der Waals surface area contributed by atoms with Gasteiger partial charge in [0.15, 0.2) is 0 Å². The van der Waals surface area contributed by atoms with Gasteiger partial charge in [-0.3, -0.25) is 0 Å². The molecule has 6 heterocycles. The molecule has 2 aromatic heterocycles. The number of ether oxygens (including phenoxy) is 1. The quantitative estimate of drug-likeness (QED) is 0.127. The largest absolute Gasteiger partial charge is 0.458 e. The maximum atomic E-state index is 8.06. The molecule has 0 aliphatic carbocycles. The summed E-state index contributed by atoms with van der Waals surface area (Å²) in [5.74, 6) is 1.63. The van der Waals surface area contributed by atoms with Crippen LogP contribution >= 0.6 is 22.7 Å². The first-order valence-electron chi connectivity index (χ1n) is 34.2. The topological polar surface area (TPSA) is 25.4 Å². The first-order valence-corrected chi connectivity index (χ1v) is 35.8. The Morgan fingerprint density at radius 3 is 1.39 bits per heavy atom. The molecule has 0 unspecified atom stereocenters. The second kappa shape index (κ2) is 22.6. The maximum Gasteiger partial charge on any atom is 0.256 e. The smallest absolute Gasteiger partial charge is 0.256 e. The van der Waals surface area contributed by atoms with E-state index in [0.717, 1.165) is 119 Å². The van der Waals surface area contributed by atoms with Gasteiger partial charge in [0.25, 0.3) is 13.4 Å². The van der Waals surface area contributed by atoms with Crippen molar-refractivity contribution in [1.29, 1.82) is 0 Å². The summed E-state index contributed by atoms with van der Waals surface area (Å²) < 4.78 is 13.1. The van der Waals surface area contributed by atoms with Crippen LogP contribution in [-0.4, -0.2) is 13.4 Å². The van der Waals surface area contributed by atoms with Gasteiger partial charge in [-0.1, -0.05) is 212 Å². The lowest BCUT2D eigenvalue weighted by atomic mass is 9.30. The SMILES string of the molecule is c1ccc(-c2ccccc2N2c3cc4c(cc3B3c5ccccc5N(c5ccccc5)c5cc(N(c6ccccc6)c6ccccc6)cc2c53)B2c3ccccc3N(c3cccc5sc6ccccc6c35)c3cc(N(c5ccccc5)c5cccc6sc7ccccc7c56)cc(c32)O4)cc1. The summed E-state index contributed by atoms with van der Waals surface area (Å²) in [4.78, 5) is 12.5. The Labute approximate surface area is 588 Å². The summed E-state index contributed by atoms with van der Waals surface area (Å²) in [6.45, 7) is -0.456. The van der Waals surface area contributed by atoms with E-state index in [2.05, 4.69) is 370 Å². The maximum absolute atomic E-state index is 8.06. The van der Waals surface area contributed by atoms with Crippen molar-refractivity contribution in [2.24, 2.45) is 0 Å². The highest BCUT2D eigenvalue weighted by molar-refractivity contribution is 7.26. The minimum atomic E-state index is -0.244. The molecule has 0 N–H and O–H groups in total. The molecule has 0 fully saturated rings. The second-order valence-corrected chi connectivity index (χ2v) is 28.4. The Bertz CT molecular complexity index is 6110. The van der Waals surface area contributed by atoms with Crippen molar-refractivity contribution in [2.45, 2.75) is 0 Å². The van der Waals surface area contributed by atoms with Gasteiger partial charge >= 0.3 is 0 Å². The van der Waals surface area contributed by atoms with E-state index in [0.29, 0.717) is 0 Å². The van der Waals surface area contributed by atoms with Crippen LogP contribution in [0.1, 0.15) is 0 Å². The van der Waals surface area contributed by atoms with Crippen LogP contribution in [0.4, 0.5) is 85.3 Å².